The van der Waals surface area contributed by atoms with E-state index in [0.717, 1.165) is 43.9 Å². The molecule has 4 heterocycles. The number of nitrogens with zero attached hydrogens (tertiary/aromatic N) is 4. The second-order valence-corrected chi connectivity index (χ2v) is 26.0. The minimum absolute atomic E-state index is 0. The van der Waals surface area contributed by atoms with Crippen LogP contribution in [0.15, 0.2) is 150 Å². The first-order chi connectivity index (χ1) is 37.9. The van der Waals surface area contributed by atoms with Gasteiger partial charge in [0.05, 0.1) is 30.5 Å². The van der Waals surface area contributed by atoms with Crippen molar-refractivity contribution >= 4 is 46.4 Å². The molecule has 0 N–H and O–H groups in total. The molecule has 0 saturated heterocycles. The summed E-state index contributed by atoms with van der Waals surface area (Å²) in [6.45, 7) is 17.3. The molecule has 0 amide bonds. The number of para-hydroxylation sites is 2. The van der Waals surface area contributed by atoms with E-state index in [-0.39, 0.29) is 43.2 Å². The van der Waals surface area contributed by atoms with Crippen LogP contribution in [-0.2, 0) is 39.4 Å². The zero-order valence-corrected chi connectivity index (χ0v) is 46.1. The average molecular weight is 1150 g/mol. The second-order valence-electron chi connectivity index (χ2n) is 21.0. The minimum Gasteiger partial charge on any atom is -0.486 e. The molecule has 0 bridgehead atoms. The molecule has 0 unspecified atom stereocenters. The number of furan rings is 1. The summed E-state index contributed by atoms with van der Waals surface area (Å²) in [5.74, 6) is 1.13. The van der Waals surface area contributed by atoms with E-state index in [0.29, 0.717) is 51.4 Å². The Balaban J connectivity index is 0.000000266. The molecule has 72 heavy (non-hydrogen) atoms. The Bertz CT molecular complexity index is 3880. The Morgan fingerprint density at radius 2 is 1.43 bits per heavy atom. The monoisotopic (exact) mass is 1150 g/mol. The zero-order valence-electron chi connectivity index (χ0n) is 52.7. The third-order valence-corrected chi connectivity index (χ3v) is 14.6. The van der Waals surface area contributed by atoms with Crippen LogP contribution in [0, 0.1) is 31.3 Å². The van der Waals surface area contributed by atoms with Gasteiger partial charge in [-0.3, -0.25) is 4.98 Å². The summed E-state index contributed by atoms with van der Waals surface area (Å²) in [6, 6.07) is 49.4. The van der Waals surface area contributed by atoms with Crippen molar-refractivity contribution in [1.29, 1.82) is 0 Å². The number of rotatable bonds is 11. The van der Waals surface area contributed by atoms with Crippen molar-refractivity contribution in [3.05, 3.63) is 202 Å². The third kappa shape index (κ3) is 11.5. The molecule has 369 valence electrons. The van der Waals surface area contributed by atoms with Crippen LogP contribution >= 0.6 is 0 Å². The number of aryl methyl sites for hydroxylation is 2. The molecular weight excluding hydrogens is 1070 g/mol. The van der Waals surface area contributed by atoms with Crippen molar-refractivity contribution in [3.63, 3.8) is 0 Å². The maximum absolute atomic E-state index is 8.90. The van der Waals surface area contributed by atoms with Gasteiger partial charge in [0.25, 0.3) is 0 Å². The number of benzene rings is 6. The fourth-order valence-electron chi connectivity index (χ4n) is 9.16. The van der Waals surface area contributed by atoms with Gasteiger partial charge in [-0.05, 0) is 99.0 Å². The van der Waals surface area contributed by atoms with E-state index in [9.17, 15) is 0 Å². The van der Waals surface area contributed by atoms with Crippen LogP contribution < -0.4 is 5.19 Å². The molecule has 4 aromatic heterocycles. The van der Waals surface area contributed by atoms with E-state index in [4.69, 9.17) is 28.1 Å². The summed E-state index contributed by atoms with van der Waals surface area (Å²) < 4.78 is 90.1. The van der Waals surface area contributed by atoms with E-state index >= 15 is 0 Å². The van der Waals surface area contributed by atoms with E-state index in [1.807, 2.05) is 93.6 Å². The summed E-state index contributed by atoms with van der Waals surface area (Å²) in [5, 5.41) is 2.66. The van der Waals surface area contributed by atoms with Crippen LogP contribution in [0.3, 0.4) is 0 Å². The fraction of sp³-hybridized carbons (Fsp3) is 0.277. The molecule has 10 aromatic rings. The normalized spacial score (nSPS) is 14.7. The molecule has 5 nitrogen and oxygen atoms in total. The maximum Gasteiger partial charge on any atom is 0.216 e. The molecule has 0 aliphatic rings. The van der Waals surface area contributed by atoms with E-state index in [2.05, 4.69) is 87.2 Å². The molecule has 1 radical (unpaired) electrons. The van der Waals surface area contributed by atoms with Crippen LogP contribution in [0.25, 0.3) is 66.9 Å². The minimum atomic E-state index is -2.17. The molecule has 0 saturated carbocycles. The van der Waals surface area contributed by atoms with Crippen LogP contribution in [0.5, 0.6) is 0 Å². The predicted molar refractivity (Wildman–Crippen MR) is 302 cm³/mol. The van der Waals surface area contributed by atoms with Crippen molar-refractivity contribution in [2.75, 3.05) is 0 Å². The van der Waals surface area contributed by atoms with Crippen molar-refractivity contribution in [3.8, 4) is 33.8 Å². The molecule has 0 atom stereocenters. The van der Waals surface area contributed by atoms with E-state index in [1.54, 1.807) is 48.7 Å². The van der Waals surface area contributed by atoms with Crippen LogP contribution in [0.4, 0.5) is 0 Å². The van der Waals surface area contributed by atoms with Gasteiger partial charge in [0.2, 0.25) is 5.71 Å². The summed E-state index contributed by atoms with van der Waals surface area (Å²) in [5.41, 5.74) is 11.9. The predicted octanol–water partition coefficient (Wildman–Crippen LogP) is 16.6. The van der Waals surface area contributed by atoms with Crippen molar-refractivity contribution < 1.29 is 38.2 Å². The van der Waals surface area contributed by atoms with Gasteiger partial charge < -0.3 is 14.0 Å². The fourth-order valence-corrected chi connectivity index (χ4v) is 10.6. The van der Waals surface area contributed by atoms with E-state index in [1.165, 1.54) is 22.8 Å². The van der Waals surface area contributed by atoms with Gasteiger partial charge in [0.15, 0.2) is 0 Å². The first-order valence-electron chi connectivity index (χ1n) is 29.4. The topological polar surface area (TPSA) is 56.7 Å². The molecule has 10 rings (SSSR count). The van der Waals surface area contributed by atoms with Gasteiger partial charge in [-0.1, -0.05) is 182 Å². The Morgan fingerprint density at radius 3 is 2.08 bits per heavy atom. The molecule has 0 aliphatic carbocycles. The molecular formula is C65H68IrN4OSi-2. The van der Waals surface area contributed by atoms with Crippen LogP contribution in [0.1, 0.15) is 119 Å². The molecule has 0 aliphatic heterocycles. The maximum atomic E-state index is 8.90. The molecule has 6 aromatic carbocycles. The number of imidazole rings is 1. The Morgan fingerprint density at radius 1 is 0.736 bits per heavy atom. The zero-order chi connectivity index (χ0) is 58.8. The smallest absolute Gasteiger partial charge is 0.216 e. The third-order valence-electron chi connectivity index (χ3n) is 12.6. The number of hydrogen-bond donors (Lipinski definition) is 0. The largest absolute Gasteiger partial charge is 0.486 e. The number of pyridine rings is 2. The number of fused-ring (bicyclic) bond motifs is 4. The number of hydrogen-bond acceptors (Lipinski definition) is 4. The Kier molecular flexibility index (Phi) is 12.0. The first kappa shape index (κ1) is 40.3. The number of aromatic nitrogens is 4. The Hall–Kier alpha value is -6.24. The average Bonchev–Trinajstić information content (AvgIpc) is 2.51. The van der Waals surface area contributed by atoms with Gasteiger partial charge in [-0.15, -0.1) is 53.6 Å². The van der Waals surface area contributed by atoms with Crippen LogP contribution in [-0.4, -0.2) is 27.6 Å². The SMILES string of the molecule is [2H]C([2H])([2H])c1c[c-]c(-c2cc(C([2H])([2H])C(C)(C)C)c([Si](C)(C)C)cn2)cc1.[2H]C([2H])([2H])c1ccc(-c2cc(C(C)C)c(Cn3c(-c4[c-]ccc5c4oc4nc(C([2H])([2H])c6ccccc6)ccc45)nc4ccccc43)c(C(C)C)c2)cc1.[Ir]. The van der Waals surface area contributed by atoms with Crippen molar-refractivity contribution in [1.82, 2.24) is 19.5 Å². The summed E-state index contributed by atoms with van der Waals surface area (Å²) in [7, 11) is -1.81. The standard InChI is InChI=1S/C45H40N3O.C20H28NSi.Ir/c1-28(2)38-25-33(32-20-18-30(5)19-21-32)26-39(29(3)4)40(38)27-48-42-17-10-9-16-41(42)47-44(48)37-15-11-14-35-36-23-22-34(46-45(36)49-43(35)37)24-31-12-7-6-8-13-31;1-15-8-10-16(11-9-15)18-12-17(13-20(2,3)4)19(14-21-18)22(5,6)7;/h6-14,16-23,25-26,28-29H,24,27H2,1-5H3;8-10,12,14H,13H2,1-7H3;/q2*-1;/i5D3,24D2;1D3,13D2;. The van der Waals surface area contributed by atoms with Gasteiger partial charge in [0.1, 0.15) is 0 Å². The quantitative estimate of drug-likeness (QED) is 0.0957. The summed E-state index contributed by atoms with van der Waals surface area (Å²) in [6.07, 6.45) is -1.54. The van der Waals surface area contributed by atoms with Crippen molar-refractivity contribution in [2.45, 2.75) is 113 Å². The molecule has 0 fully saturated rings. The Labute approximate surface area is 456 Å². The second kappa shape index (κ2) is 21.5. The van der Waals surface area contributed by atoms with Crippen LogP contribution in [0.2, 0.25) is 19.6 Å². The van der Waals surface area contributed by atoms with Gasteiger partial charge in [-0.2, -0.15) is 0 Å². The van der Waals surface area contributed by atoms with Gasteiger partial charge >= 0.3 is 0 Å². The first-order valence-corrected chi connectivity index (χ1v) is 27.9. The molecule has 7 heteroatoms. The summed E-state index contributed by atoms with van der Waals surface area (Å²) in [4.78, 5) is 14.5. The van der Waals surface area contributed by atoms with Gasteiger partial charge in [0, 0.05) is 64.0 Å². The van der Waals surface area contributed by atoms with Crippen molar-refractivity contribution in [2.24, 2.45) is 5.41 Å². The summed E-state index contributed by atoms with van der Waals surface area (Å²) >= 11 is 0. The van der Waals surface area contributed by atoms with Gasteiger partial charge in [-0.25, -0.2) is 4.98 Å². The molecule has 0 spiro atoms. The van der Waals surface area contributed by atoms with E-state index < -0.39 is 39.9 Å².